The number of benzene rings is 1. The largest absolute Gasteiger partial charge is 0.497 e. The maximum atomic E-state index is 10.6. The van der Waals surface area contributed by atoms with E-state index in [2.05, 4.69) is 42.4 Å². The van der Waals surface area contributed by atoms with Crippen molar-refractivity contribution in [1.29, 1.82) is 0 Å². The van der Waals surface area contributed by atoms with Gasteiger partial charge in [-0.05, 0) is 31.2 Å². The number of carboxylic acids is 2. The fourth-order valence-corrected chi connectivity index (χ4v) is 4.16. The number of imidazole rings is 1. The van der Waals surface area contributed by atoms with Crippen LogP contribution >= 0.6 is 0 Å². The standard InChI is InChI=1S/C24H26N6O.2C2HF3O2/c1-18-5-3-7-20(27-18)17-28-11-13-29(14-12-28)23-24-26-16-22(30(24)10-9-25-23)19-6-4-8-21(15-19)31-2;2*3-2(4,5)1(6)7/h3-10,15-16H,11-14,17H2,1-2H3;2*(H,6,7). The molecule has 1 fully saturated rings. The summed E-state index contributed by atoms with van der Waals surface area (Å²) in [4.78, 5) is 36.6. The Kier molecular flexibility index (Phi) is 11.3. The molecule has 0 unspecified atom stereocenters. The minimum atomic E-state index is -5.08. The third kappa shape index (κ3) is 9.79. The first kappa shape index (κ1) is 34.6. The van der Waals surface area contributed by atoms with E-state index in [1.807, 2.05) is 49.8 Å². The van der Waals surface area contributed by atoms with E-state index in [1.54, 1.807) is 7.11 Å². The van der Waals surface area contributed by atoms with Gasteiger partial charge in [0.05, 0.1) is 24.7 Å². The third-order valence-electron chi connectivity index (χ3n) is 6.26. The van der Waals surface area contributed by atoms with Crippen molar-refractivity contribution in [3.05, 3.63) is 72.4 Å². The lowest BCUT2D eigenvalue weighted by Crippen LogP contribution is -2.46. The van der Waals surface area contributed by atoms with Crippen molar-refractivity contribution >= 4 is 23.4 Å². The molecule has 1 aliphatic heterocycles. The summed E-state index contributed by atoms with van der Waals surface area (Å²) in [5.74, 6) is -3.74. The van der Waals surface area contributed by atoms with E-state index in [9.17, 15) is 26.3 Å². The number of aromatic nitrogens is 4. The predicted octanol–water partition coefficient (Wildman–Crippen LogP) is 4.70. The van der Waals surface area contributed by atoms with Crippen LogP contribution in [0.15, 0.2) is 61.1 Å². The first-order valence-corrected chi connectivity index (χ1v) is 13.1. The molecule has 0 spiro atoms. The van der Waals surface area contributed by atoms with Crippen LogP contribution in [0.25, 0.3) is 16.9 Å². The molecule has 0 amide bonds. The quantitative estimate of drug-likeness (QED) is 0.295. The predicted molar refractivity (Wildman–Crippen MR) is 149 cm³/mol. The lowest BCUT2D eigenvalue weighted by atomic mass is 10.1. The average Bonchev–Trinajstić information content (AvgIpc) is 3.42. The SMILES string of the molecule is COc1cccc(-c2cnc3c(N4CCN(Cc5cccc(C)n5)CC4)nccn23)c1.O=C(O)C(F)(F)F.O=C(O)C(F)(F)F. The van der Waals surface area contributed by atoms with Gasteiger partial charge >= 0.3 is 24.3 Å². The Morgan fingerprint density at radius 2 is 1.51 bits per heavy atom. The Labute approximate surface area is 252 Å². The molecule has 0 atom stereocenters. The summed E-state index contributed by atoms with van der Waals surface area (Å²) in [5, 5.41) is 14.2. The number of anilines is 1. The number of pyridine rings is 1. The van der Waals surface area contributed by atoms with Gasteiger partial charge in [-0.2, -0.15) is 26.3 Å². The van der Waals surface area contributed by atoms with Crippen molar-refractivity contribution in [3.8, 4) is 17.0 Å². The van der Waals surface area contributed by atoms with Crippen molar-refractivity contribution in [2.24, 2.45) is 0 Å². The summed E-state index contributed by atoms with van der Waals surface area (Å²) < 4.78 is 71.0. The van der Waals surface area contributed by atoms with Gasteiger partial charge in [0.15, 0.2) is 11.5 Å². The number of hydrogen-bond acceptors (Lipinski definition) is 8. The Bertz CT molecular complexity index is 1580. The summed E-state index contributed by atoms with van der Waals surface area (Å²) in [6.45, 7) is 6.71. The Hall–Kier alpha value is -4.93. The van der Waals surface area contributed by atoms with Crippen LogP contribution in [0, 0.1) is 6.92 Å². The van der Waals surface area contributed by atoms with E-state index < -0.39 is 24.3 Å². The molecule has 5 rings (SSSR count). The van der Waals surface area contributed by atoms with E-state index in [-0.39, 0.29) is 0 Å². The molecule has 0 radical (unpaired) electrons. The van der Waals surface area contributed by atoms with Gasteiger partial charge in [0.25, 0.3) is 0 Å². The number of ether oxygens (including phenoxy) is 1. The lowest BCUT2D eigenvalue weighted by molar-refractivity contribution is -0.193. The van der Waals surface area contributed by atoms with E-state index in [0.29, 0.717) is 0 Å². The van der Waals surface area contributed by atoms with E-state index >= 15 is 0 Å². The van der Waals surface area contributed by atoms with Gasteiger partial charge in [0, 0.05) is 56.4 Å². The number of aryl methyl sites for hydroxylation is 1. The maximum Gasteiger partial charge on any atom is 0.490 e. The molecule has 0 aliphatic carbocycles. The third-order valence-corrected chi connectivity index (χ3v) is 6.26. The second-order valence-electron chi connectivity index (χ2n) is 9.46. The molecule has 1 aromatic carbocycles. The molecule has 242 valence electrons. The normalized spacial score (nSPS) is 13.7. The minimum absolute atomic E-state index is 0.834. The molecule has 0 saturated carbocycles. The number of hydrogen-bond donors (Lipinski definition) is 2. The van der Waals surface area contributed by atoms with Gasteiger partial charge in [-0.15, -0.1) is 0 Å². The first-order chi connectivity index (χ1) is 21.1. The van der Waals surface area contributed by atoms with Gasteiger partial charge < -0.3 is 19.8 Å². The molecule has 11 nitrogen and oxygen atoms in total. The fraction of sp³-hybridized carbons (Fsp3) is 0.321. The molecule has 0 bridgehead atoms. The molecular weight excluding hydrogens is 614 g/mol. The highest BCUT2D eigenvalue weighted by Crippen LogP contribution is 2.28. The van der Waals surface area contributed by atoms with E-state index in [4.69, 9.17) is 29.5 Å². The topological polar surface area (TPSA) is 133 Å². The van der Waals surface area contributed by atoms with Gasteiger partial charge in [-0.3, -0.25) is 14.3 Å². The highest BCUT2D eigenvalue weighted by atomic mass is 19.4. The van der Waals surface area contributed by atoms with Crippen LogP contribution < -0.4 is 9.64 Å². The number of fused-ring (bicyclic) bond motifs is 1. The lowest BCUT2D eigenvalue weighted by Gasteiger charge is -2.35. The second kappa shape index (κ2) is 14.7. The van der Waals surface area contributed by atoms with Gasteiger partial charge in [-0.25, -0.2) is 19.6 Å². The summed E-state index contributed by atoms with van der Waals surface area (Å²) in [7, 11) is 1.68. The Balaban J connectivity index is 0.000000331. The number of carbonyl (C=O) groups is 2. The zero-order chi connectivity index (χ0) is 33.4. The Morgan fingerprint density at radius 3 is 2.07 bits per heavy atom. The van der Waals surface area contributed by atoms with Crippen LogP contribution in [-0.4, -0.2) is 92.0 Å². The highest BCUT2D eigenvalue weighted by Gasteiger charge is 2.38. The van der Waals surface area contributed by atoms with Crippen LogP contribution in [0.2, 0.25) is 0 Å². The van der Waals surface area contributed by atoms with Crippen LogP contribution in [0.1, 0.15) is 11.4 Å². The highest BCUT2D eigenvalue weighted by molar-refractivity contribution is 5.73. The number of halogens is 6. The number of nitrogens with zero attached hydrogens (tertiary/aromatic N) is 6. The van der Waals surface area contributed by atoms with Crippen molar-refractivity contribution in [2.75, 3.05) is 38.2 Å². The number of aliphatic carboxylic acids is 2. The van der Waals surface area contributed by atoms with Crippen molar-refractivity contribution < 1.29 is 50.9 Å². The van der Waals surface area contributed by atoms with Crippen LogP contribution in [0.4, 0.5) is 32.2 Å². The van der Waals surface area contributed by atoms with Crippen LogP contribution in [-0.2, 0) is 16.1 Å². The number of piperazine rings is 1. The zero-order valence-corrected chi connectivity index (χ0v) is 23.9. The number of alkyl halides is 6. The molecule has 1 aliphatic rings. The molecule has 2 N–H and O–H groups in total. The fourth-order valence-electron chi connectivity index (χ4n) is 4.16. The number of carboxylic acid groups (broad SMARTS) is 2. The monoisotopic (exact) mass is 642 g/mol. The maximum absolute atomic E-state index is 10.6. The zero-order valence-electron chi connectivity index (χ0n) is 23.9. The minimum Gasteiger partial charge on any atom is -0.497 e. The van der Waals surface area contributed by atoms with Crippen LogP contribution in [0.3, 0.4) is 0 Å². The van der Waals surface area contributed by atoms with Gasteiger partial charge in [-0.1, -0.05) is 18.2 Å². The summed E-state index contributed by atoms with van der Waals surface area (Å²) in [5.41, 5.74) is 5.18. The molecule has 45 heavy (non-hydrogen) atoms. The Morgan fingerprint density at radius 1 is 0.911 bits per heavy atom. The number of rotatable bonds is 5. The van der Waals surface area contributed by atoms with Crippen molar-refractivity contribution in [3.63, 3.8) is 0 Å². The van der Waals surface area contributed by atoms with Gasteiger partial charge in [0.1, 0.15) is 5.75 Å². The smallest absolute Gasteiger partial charge is 0.490 e. The van der Waals surface area contributed by atoms with E-state index in [0.717, 1.165) is 72.6 Å². The molecule has 1 saturated heterocycles. The summed E-state index contributed by atoms with van der Waals surface area (Å²) in [6.07, 6.45) is -4.42. The summed E-state index contributed by atoms with van der Waals surface area (Å²) >= 11 is 0. The number of methoxy groups -OCH3 is 1. The average molecular weight is 643 g/mol. The van der Waals surface area contributed by atoms with Crippen molar-refractivity contribution in [2.45, 2.75) is 25.8 Å². The molecule has 4 aromatic rings. The van der Waals surface area contributed by atoms with Crippen LogP contribution in [0.5, 0.6) is 5.75 Å². The van der Waals surface area contributed by atoms with E-state index in [1.165, 1.54) is 0 Å². The van der Waals surface area contributed by atoms with Gasteiger partial charge in [0.2, 0.25) is 0 Å². The molecular formula is C28H28F6N6O5. The second-order valence-corrected chi connectivity index (χ2v) is 9.46. The van der Waals surface area contributed by atoms with Crippen molar-refractivity contribution in [1.82, 2.24) is 24.3 Å². The first-order valence-electron chi connectivity index (χ1n) is 13.1. The molecule has 3 aromatic heterocycles. The molecule has 17 heteroatoms. The molecule has 4 heterocycles. The summed E-state index contributed by atoms with van der Waals surface area (Å²) in [6, 6.07) is 14.3.